The Morgan fingerprint density at radius 2 is 2.25 bits per heavy atom. The van der Waals surface area contributed by atoms with Gasteiger partial charge in [-0.2, -0.15) is 0 Å². The lowest BCUT2D eigenvalue weighted by molar-refractivity contribution is -0.145. The second-order valence-corrected chi connectivity index (χ2v) is 4.91. The van der Waals surface area contributed by atoms with Crippen molar-refractivity contribution < 1.29 is 24.2 Å². The number of aromatic nitrogens is 2. The quantitative estimate of drug-likeness (QED) is 0.794. The molecule has 9 heteroatoms. The van der Waals surface area contributed by atoms with E-state index in [0.29, 0.717) is 0 Å². The van der Waals surface area contributed by atoms with E-state index in [-0.39, 0.29) is 35.0 Å². The molecule has 8 nitrogen and oxygen atoms in total. The largest absolute Gasteiger partial charge is 0.476 e. The summed E-state index contributed by atoms with van der Waals surface area (Å²) in [6.07, 6.45) is 1.25. The summed E-state index contributed by atoms with van der Waals surface area (Å²) in [5.74, 6) is -2.90. The van der Waals surface area contributed by atoms with Gasteiger partial charge in [0, 0.05) is 13.0 Å². The summed E-state index contributed by atoms with van der Waals surface area (Å²) in [6, 6.07) is 0. The monoisotopic (exact) mass is 343 g/mol. The van der Waals surface area contributed by atoms with Gasteiger partial charge in [0.1, 0.15) is 4.60 Å². The van der Waals surface area contributed by atoms with Crippen molar-refractivity contribution in [3.05, 3.63) is 16.5 Å². The van der Waals surface area contributed by atoms with Crippen LogP contribution in [0.4, 0.5) is 5.82 Å². The first kappa shape index (κ1) is 14.4. The number of anilines is 1. The van der Waals surface area contributed by atoms with Gasteiger partial charge in [-0.1, -0.05) is 0 Å². The Morgan fingerprint density at radius 1 is 1.55 bits per heavy atom. The lowest BCUT2D eigenvalue weighted by Crippen LogP contribution is -2.29. The number of nitrogens with zero attached hydrogens (tertiary/aromatic N) is 3. The van der Waals surface area contributed by atoms with E-state index in [4.69, 9.17) is 5.11 Å². The van der Waals surface area contributed by atoms with Crippen molar-refractivity contribution in [3.8, 4) is 0 Å². The van der Waals surface area contributed by atoms with Crippen LogP contribution in [0.2, 0.25) is 0 Å². The van der Waals surface area contributed by atoms with Gasteiger partial charge >= 0.3 is 11.9 Å². The minimum absolute atomic E-state index is 0.0299. The molecule has 0 saturated carbocycles. The van der Waals surface area contributed by atoms with E-state index >= 15 is 0 Å². The van der Waals surface area contributed by atoms with Crippen molar-refractivity contribution in [2.75, 3.05) is 18.6 Å². The normalized spacial score (nSPS) is 18.2. The highest BCUT2D eigenvalue weighted by atomic mass is 79.9. The topological polar surface area (TPSA) is 110 Å². The zero-order chi connectivity index (χ0) is 14.9. The van der Waals surface area contributed by atoms with Crippen molar-refractivity contribution in [3.63, 3.8) is 0 Å². The Morgan fingerprint density at radius 3 is 2.85 bits per heavy atom. The van der Waals surface area contributed by atoms with Crippen LogP contribution in [0.3, 0.4) is 0 Å². The lowest BCUT2D eigenvalue weighted by atomic mass is 10.1. The maximum Gasteiger partial charge on any atom is 0.358 e. The number of carboxylic acid groups (broad SMARTS) is 1. The number of amides is 1. The Kier molecular flexibility index (Phi) is 3.98. The second-order valence-electron chi connectivity index (χ2n) is 4.10. The standard InChI is InChI=1S/C11H10BrN3O5/c1-20-11(19)5-2-7(16)15(4-5)9-8(10(17)18)14-6(12)3-13-9/h3,5H,2,4H2,1H3,(H,17,18). The van der Waals surface area contributed by atoms with Crippen molar-refractivity contribution in [2.24, 2.45) is 5.92 Å². The number of ether oxygens (including phenoxy) is 1. The fourth-order valence-corrected chi connectivity index (χ4v) is 2.22. The van der Waals surface area contributed by atoms with Gasteiger partial charge in [0.05, 0.1) is 19.2 Å². The molecule has 1 aliphatic rings. The molecule has 20 heavy (non-hydrogen) atoms. The molecule has 2 rings (SSSR count). The molecule has 1 aromatic heterocycles. The number of carbonyl (C=O) groups is 3. The van der Waals surface area contributed by atoms with E-state index in [0.717, 1.165) is 4.90 Å². The van der Waals surface area contributed by atoms with E-state index in [1.54, 1.807) is 0 Å². The van der Waals surface area contributed by atoms with Crippen LogP contribution < -0.4 is 4.90 Å². The first-order valence-corrected chi connectivity index (χ1v) is 6.37. The molecule has 0 aliphatic carbocycles. The van der Waals surface area contributed by atoms with Gasteiger partial charge in [-0.05, 0) is 15.9 Å². The second kappa shape index (κ2) is 5.53. The van der Waals surface area contributed by atoms with Crippen LogP contribution in [-0.2, 0) is 14.3 Å². The molecule has 1 unspecified atom stereocenters. The number of rotatable bonds is 3. The molecule has 1 aromatic rings. The highest BCUT2D eigenvalue weighted by Crippen LogP contribution is 2.27. The predicted molar refractivity (Wildman–Crippen MR) is 69.2 cm³/mol. The van der Waals surface area contributed by atoms with E-state index in [2.05, 4.69) is 30.6 Å². The zero-order valence-electron chi connectivity index (χ0n) is 10.4. The number of esters is 1. The summed E-state index contributed by atoms with van der Waals surface area (Å²) in [4.78, 5) is 43.4. The average Bonchev–Trinajstić information content (AvgIpc) is 2.79. The van der Waals surface area contributed by atoms with Crippen LogP contribution in [-0.4, -0.2) is 46.6 Å². The van der Waals surface area contributed by atoms with Gasteiger partial charge in [-0.15, -0.1) is 0 Å². The number of aromatic carboxylic acids is 1. The number of hydrogen-bond donors (Lipinski definition) is 1. The Labute approximate surface area is 121 Å². The number of carbonyl (C=O) groups excluding carboxylic acids is 2. The highest BCUT2D eigenvalue weighted by molar-refractivity contribution is 9.10. The average molecular weight is 344 g/mol. The minimum atomic E-state index is -1.30. The van der Waals surface area contributed by atoms with Crippen LogP contribution in [0.25, 0.3) is 0 Å². The maximum absolute atomic E-state index is 11.9. The molecule has 1 aliphatic heterocycles. The lowest BCUT2D eigenvalue weighted by Gasteiger charge is -2.16. The maximum atomic E-state index is 11.9. The van der Waals surface area contributed by atoms with Crippen molar-refractivity contribution in [2.45, 2.75) is 6.42 Å². The summed E-state index contributed by atoms with van der Waals surface area (Å²) < 4.78 is 4.83. The van der Waals surface area contributed by atoms with Gasteiger partial charge in [0.15, 0.2) is 11.5 Å². The van der Waals surface area contributed by atoms with Crippen LogP contribution in [0.1, 0.15) is 16.9 Å². The SMILES string of the molecule is COC(=O)C1CC(=O)N(c2ncc(Br)nc2C(=O)O)C1. The molecular formula is C11H10BrN3O5. The zero-order valence-corrected chi connectivity index (χ0v) is 12.0. The molecule has 0 radical (unpaired) electrons. The Balaban J connectivity index is 2.35. The van der Waals surface area contributed by atoms with Crippen LogP contribution in [0.15, 0.2) is 10.8 Å². The van der Waals surface area contributed by atoms with E-state index in [1.807, 2.05) is 0 Å². The molecule has 0 bridgehead atoms. The molecule has 1 atom stereocenters. The third kappa shape index (κ3) is 2.62. The smallest absolute Gasteiger partial charge is 0.358 e. The Bertz CT molecular complexity index is 591. The molecule has 0 aromatic carbocycles. The molecule has 1 saturated heterocycles. The fourth-order valence-electron chi connectivity index (χ4n) is 1.94. The third-order valence-corrected chi connectivity index (χ3v) is 3.22. The predicted octanol–water partition coefficient (Wildman–Crippen LogP) is 0.463. The van der Waals surface area contributed by atoms with Crippen molar-refractivity contribution >= 4 is 39.6 Å². The third-order valence-electron chi connectivity index (χ3n) is 2.84. The van der Waals surface area contributed by atoms with Gasteiger partial charge < -0.3 is 9.84 Å². The van der Waals surface area contributed by atoms with Crippen LogP contribution >= 0.6 is 15.9 Å². The van der Waals surface area contributed by atoms with E-state index in [1.165, 1.54) is 13.3 Å². The van der Waals surface area contributed by atoms with Crippen molar-refractivity contribution in [1.29, 1.82) is 0 Å². The molecule has 106 valence electrons. The summed E-state index contributed by atoms with van der Waals surface area (Å²) in [7, 11) is 1.23. The number of methoxy groups -OCH3 is 1. The van der Waals surface area contributed by atoms with E-state index in [9.17, 15) is 14.4 Å². The first-order chi connectivity index (χ1) is 9.43. The number of carboxylic acids is 1. The first-order valence-electron chi connectivity index (χ1n) is 5.58. The Hall–Kier alpha value is -2.03. The van der Waals surface area contributed by atoms with Gasteiger partial charge in [-0.25, -0.2) is 14.8 Å². The fraction of sp³-hybridized carbons (Fsp3) is 0.364. The summed E-state index contributed by atoms with van der Waals surface area (Å²) in [5, 5.41) is 9.11. The summed E-state index contributed by atoms with van der Waals surface area (Å²) in [5.41, 5.74) is -0.349. The highest BCUT2D eigenvalue weighted by Gasteiger charge is 2.38. The summed E-state index contributed by atoms with van der Waals surface area (Å²) >= 11 is 3.02. The number of halogens is 1. The molecule has 2 heterocycles. The van der Waals surface area contributed by atoms with Gasteiger partial charge in [-0.3, -0.25) is 14.5 Å². The van der Waals surface area contributed by atoms with Gasteiger partial charge in [0.2, 0.25) is 5.91 Å². The molecule has 0 spiro atoms. The van der Waals surface area contributed by atoms with E-state index < -0.39 is 17.9 Å². The molecule has 1 fully saturated rings. The summed E-state index contributed by atoms with van der Waals surface area (Å²) in [6.45, 7) is 0.0299. The van der Waals surface area contributed by atoms with Gasteiger partial charge in [0.25, 0.3) is 0 Å². The molecular weight excluding hydrogens is 334 g/mol. The van der Waals surface area contributed by atoms with Crippen LogP contribution in [0.5, 0.6) is 0 Å². The number of hydrogen-bond acceptors (Lipinski definition) is 6. The minimum Gasteiger partial charge on any atom is -0.476 e. The molecule has 1 N–H and O–H groups in total. The van der Waals surface area contributed by atoms with Crippen LogP contribution in [0, 0.1) is 5.92 Å². The van der Waals surface area contributed by atoms with Crippen molar-refractivity contribution in [1.82, 2.24) is 9.97 Å². The molecule has 1 amide bonds.